The second-order valence-corrected chi connectivity index (χ2v) is 5.60. The van der Waals surface area contributed by atoms with Crippen LogP contribution in [-0.2, 0) is 4.74 Å². The van der Waals surface area contributed by atoms with Crippen LogP contribution in [0.5, 0.6) is 0 Å². The van der Waals surface area contributed by atoms with E-state index in [1.165, 1.54) is 18.4 Å². The normalized spacial score (nSPS) is 24.0. The Hall–Kier alpha value is 0.100. The first-order chi connectivity index (χ1) is 7.27. The number of nitrogens with two attached hydrogens (primary N) is 1. The van der Waals surface area contributed by atoms with Crippen LogP contribution in [0.3, 0.4) is 0 Å². The Morgan fingerprint density at radius 2 is 2.40 bits per heavy atom. The maximum absolute atomic E-state index is 6.17. The van der Waals surface area contributed by atoms with Crippen LogP contribution in [0.25, 0.3) is 0 Å². The first kappa shape index (κ1) is 11.6. The Bertz CT molecular complexity index is 309. The molecule has 1 aromatic rings. The third-order valence-corrected chi connectivity index (χ3v) is 4.58. The van der Waals surface area contributed by atoms with Crippen molar-refractivity contribution in [3.63, 3.8) is 0 Å². The molecular formula is C11H16BrNOS. The molecule has 1 fully saturated rings. The summed E-state index contributed by atoms with van der Waals surface area (Å²) in [6, 6.07) is 0.105. The molecule has 4 heteroatoms. The standard InChI is InChI=1S/C11H16BrNOS/c12-10-7-15-6-9(10)11(13)5-8-3-1-2-4-14-8/h6-8,11H,1-5,13H2. The SMILES string of the molecule is NC(CC1CCCCO1)c1cscc1Br. The van der Waals surface area contributed by atoms with Crippen molar-refractivity contribution in [1.29, 1.82) is 0 Å². The molecular weight excluding hydrogens is 274 g/mol. The van der Waals surface area contributed by atoms with Gasteiger partial charge in [-0.15, -0.1) is 0 Å². The van der Waals surface area contributed by atoms with Crippen molar-refractivity contribution >= 4 is 27.3 Å². The van der Waals surface area contributed by atoms with Gasteiger partial charge < -0.3 is 10.5 Å². The smallest absolute Gasteiger partial charge is 0.0593 e. The van der Waals surface area contributed by atoms with E-state index in [4.69, 9.17) is 10.5 Å². The van der Waals surface area contributed by atoms with Gasteiger partial charge in [0.2, 0.25) is 0 Å². The van der Waals surface area contributed by atoms with Crippen LogP contribution in [0.15, 0.2) is 15.2 Å². The minimum atomic E-state index is 0.105. The molecule has 84 valence electrons. The minimum Gasteiger partial charge on any atom is -0.378 e. The van der Waals surface area contributed by atoms with Gasteiger partial charge in [-0.25, -0.2) is 0 Å². The number of hydrogen-bond donors (Lipinski definition) is 1. The van der Waals surface area contributed by atoms with Crippen molar-refractivity contribution in [3.8, 4) is 0 Å². The molecule has 0 saturated carbocycles. The summed E-state index contributed by atoms with van der Waals surface area (Å²) in [6.07, 6.45) is 4.95. The van der Waals surface area contributed by atoms with E-state index in [0.29, 0.717) is 6.10 Å². The van der Waals surface area contributed by atoms with Gasteiger partial charge in [-0.2, -0.15) is 11.3 Å². The van der Waals surface area contributed by atoms with Gasteiger partial charge in [0.1, 0.15) is 0 Å². The predicted molar refractivity (Wildman–Crippen MR) is 67.2 cm³/mol. The van der Waals surface area contributed by atoms with E-state index in [0.717, 1.165) is 23.9 Å². The van der Waals surface area contributed by atoms with Gasteiger partial charge >= 0.3 is 0 Å². The van der Waals surface area contributed by atoms with E-state index < -0.39 is 0 Å². The third-order valence-electron chi connectivity index (χ3n) is 2.83. The largest absolute Gasteiger partial charge is 0.378 e. The van der Waals surface area contributed by atoms with Gasteiger partial charge in [0.05, 0.1) is 6.10 Å². The second-order valence-electron chi connectivity index (χ2n) is 4.01. The lowest BCUT2D eigenvalue weighted by Crippen LogP contribution is -2.24. The maximum Gasteiger partial charge on any atom is 0.0593 e. The molecule has 0 bridgehead atoms. The molecule has 2 heterocycles. The van der Waals surface area contributed by atoms with Gasteiger partial charge in [0.25, 0.3) is 0 Å². The van der Waals surface area contributed by atoms with Crippen LogP contribution in [0.2, 0.25) is 0 Å². The van der Waals surface area contributed by atoms with Crippen molar-refractivity contribution in [2.45, 2.75) is 37.8 Å². The van der Waals surface area contributed by atoms with Crippen molar-refractivity contribution in [2.75, 3.05) is 6.61 Å². The van der Waals surface area contributed by atoms with Gasteiger partial charge in [0, 0.05) is 22.5 Å². The quantitative estimate of drug-likeness (QED) is 0.925. The van der Waals surface area contributed by atoms with Crippen molar-refractivity contribution in [2.24, 2.45) is 5.73 Å². The predicted octanol–water partition coefficient (Wildman–Crippen LogP) is 3.47. The van der Waals surface area contributed by atoms with Crippen LogP contribution in [0, 0.1) is 0 Å². The molecule has 2 nitrogen and oxygen atoms in total. The summed E-state index contributed by atoms with van der Waals surface area (Å²) >= 11 is 5.21. The molecule has 0 amide bonds. The molecule has 1 saturated heterocycles. The fourth-order valence-corrected chi connectivity index (χ4v) is 3.62. The summed E-state index contributed by atoms with van der Waals surface area (Å²) in [5.41, 5.74) is 7.38. The summed E-state index contributed by atoms with van der Waals surface area (Å²) in [5, 5.41) is 4.20. The third kappa shape index (κ3) is 3.03. The lowest BCUT2D eigenvalue weighted by atomic mass is 9.99. The molecule has 2 N–H and O–H groups in total. The summed E-state index contributed by atoms with van der Waals surface area (Å²) in [4.78, 5) is 0. The highest BCUT2D eigenvalue weighted by Gasteiger charge is 2.19. The Morgan fingerprint density at radius 1 is 1.53 bits per heavy atom. The van der Waals surface area contributed by atoms with Crippen LogP contribution in [-0.4, -0.2) is 12.7 Å². The lowest BCUT2D eigenvalue weighted by Gasteiger charge is -2.25. The fourth-order valence-electron chi connectivity index (χ4n) is 1.96. The van der Waals surface area contributed by atoms with E-state index in [9.17, 15) is 0 Å². The van der Waals surface area contributed by atoms with E-state index in [2.05, 4.69) is 26.7 Å². The zero-order chi connectivity index (χ0) is 10.7. The highest BCUT2D eigenvalue weighted by molar-refractivity contribution is 9.10. The van der Waals surface area contributed by atoms with Crippen molar-refractivity contribution in [1.82, 2.24) is 0 Å². The average Bonchev–Trinajstić information content (AvgIpc) is 2.66. The molecule has 0 aromatic carbocycles. The number of ether oxygens (including phenoxy) is 1. The van der Waals surface area contributed by atoms with Crippen molar-refractivity contribution < 1.29 is 4.74 Å². The van der Waals surface area contributed by atoms with Gasteiger partial charge in [0.15, 0.2) is 0 Å². The lowest BCUT2D eigenvalue weighted by molar-refractivity contribution is 0.00728. The van der Waals surface area contributed by atoms with Gasteiger partial charge in [-0.3, -0.25) is 0 Å². The summed E-state index contributed by atoms with van der Waals surface area (Å²) in [5.74, 6) is 0. The topological polar surface area (TPSA) is 35.2 Å². The zero-order valence-corrected chi connectivity index (χ0v) is 11.0. The molecule has 0 spiro atoms. The Kier molecular flexibility index (Phi) is 4.20. The highest BCUT2D eigenvalue weighted by Crippen LogP contribution is 2.30. The number of thiophene rings is 1. The van der Waals surface area contributed by atoms with Gasteiger partial charge in [-0.1, -0.05) is 0 Å². The Balaban J connectivity index is 1.91. The minimum absolute atomic E-state index is 0.105. The molecule has 2 rings (SSSR count). The first-order valence-electron chi connectivity index (χ1n) is 5.36. The maximum atomic E-state index is 6.17. The molecule has 15 heavy (non-hydrogen) atoms. The molecule has 0 radical (unpaired) electrons. The van der Waals surface area contributed by atoms with E-state index in [-0.39, 0.29) is 6.04 Å². The Labute approximate surface area is 103 Å². The van der Waals surface area contributed by atoms with Crippen LogP contribution in [0.1, 0.15) is 37.3 Å². The summed E-state index contributed by atoms with van der Waals surface area (Å²) < 4.78 is 6.83. The van der Waals surface area contributed by atoms with E-state index in [1.807, 2.05) is 0 Å². The van der Waals surface area contributed by atoms with Gasteiger partial charge in [-0.05, 0) is 52.6 Å². The molecule has 1 aliphatic heterocycles. The monoisotopic (exact) mass is 289 g/mol. The fraction of sp³-hybridized carbons (Fsp3) is 0.636. The summed E-state index contributed by atoms with van der Waals surface area (Å²) in [6.45, 7) is 0.905. The number of rotatable bonds is 3. The van der Waals surface area contributed by atoms with E-state index >= 15 is 0 Å². The molecule has 2 unspecified atom stereocenters. The van der Waals surface area contributed by atoms with Crippen LogP contribution in [0.4, 0.5) is 0 Å². The highest BCUT2D eigenvalue weighted by atomic mass is 79.9. The first-order valence-corrected chi connectivity index (χ1v) is 7.09. The number of halogens is 1. The van der Waals surface area contributed by atoms with Crippen LogP contribution >= 0.6 is 27.3 Å². The molecule has 0 aliphatic carbocycles. The molecule has 1 aliphatic rings. The second kappa shape index (κ2) is 5.43. The average molecular weight is 290 g/mol. The zero-order valence-electron chi connectivity index (χ0n) is 8.62. The van der Waals surface area contributed by atoms with Crippen LogP contribution < -0.4 is 5.73 Å². The number of hydrogen-bond acceptors (Lipinski definition) is 3. The van der Waals surface area contributed by atoms with Crippen molar-refractivity contribution in [3.05, 3.63) is 20.8 Å². The molecule has 1 aromatic heterocycles. The van der Waals surface area contributed by atoms with E-state index in [1.54, 1.807) is 11.3 Å². The molecule has 2 atom stereocenters. The summed E-state index contributed by atoms with van der Waals surface area (Å²) in [7, 11) is 0. The Morgan fingerprint density at radius 3 is 3.00 bits per heavy atom.